The van der Waals surface area contributed by atoms with Gasteiger partial charge in [-0.05, 0) is 127 Å². The number of hydrogen-bond acceptors (Lipinski definition) is 1. The number of aliphatic hydroxyl groups excluding tert-OH is 1. The molecule has 1 nitrogen and oxygen atoms in total. The lowest BCUT2D eigenvalue weighted by Gasteiger charge is -2.73. The van der Waals surface area contributed by atoms with Crippen molar-refractivity contribution in [3.05, 3.63) is 0 Å². The minimum absolute atomic E-state index is 0.0748. The summed E-state index contributed by atoms with van der Waals surface area (Å²) in [7, 11) is 0. The molecule has 0 spiro atoms. The Morgan fingerprint density at radius 1 is 0.677 bits per heavy atom. The second kappa shape index (κ2) is 6.76. The van der Waals surface area contributed by atoms with E-state index in [4.69, 9.17) is 0 Å². The molecule has 0 saturated heterocycles. The Labute approximate surface area is 193 Å². The first kappa shape index (κ1) is 22.7. The van der Waals surface area contributed by atoms with Gasteiger partial charge in [-0.1, -0.05) is 55.4 Å². The Balaban J connectivity index is 1.54. The first-order valence-electron chi connectivity index (χ1n) is 14.0. The molecule has 1 N–H and O–H groups in total. The van der Waals surface area contributed by atoms with E-state index in [1.807, 2.05) is 0 Å². The summed E-state index contributed by atoms with van der Waals surface area (Å²) in [6, 6.07) is 0. The predicted molar refractivity (Wildman–Crippen MR) is 131 cm³/mol. The van der Waals surface area contributed by atoms with Crippen LogP contribution in [0, 0.1) is 62.6 Å². The van der Waals surface area contributed by atoms with Crippen molar-refractivity contribution in [3.63, 3.8) is 0 Å². The monoisotopic (exact) mass is 428 g/mol. The van der Waals surface area contributed by atoms with Crippen LogP contribution in [0.1, 0.15) is 120 Å². The first-order chi connectivity index (χ1) is 14.3. The zero-order chi connectivity index (χ0) is 22.6. The maximum atomic E-state index is 10.9. The van der Waals surface area contributed by atoms with Gasteiger partial charge in [0.05, 0.1) is 6.10 Å². The summed E-state index contributed by atoms with van der Waals surface area (Å²) in [5, 5.41) is 10.9. The lowest BCUT2D eigenvalue weighted by Crippen LogP contribution is -2.66. The quantitative estimate of drug-likeness (QED) is 0.447. The summed E-state index contributed by atoms with van der Waals surface area (Å²) in [5.74, 6) is 5.21. The highest BCUT2D eigenvalue weighted by atomic mass is 16.3. The van der Waals surface area contributed by atoms with Crippen molar-refractivity contribution in [2.24, 2.45) is 62.6 Å². The average molecular weight is 429 g/mol. The number of hydrogen-bond donors (Lipinski definition) is 1. The molecular formula is C30H52O. The highest BCUT2D eigenvalue weighted by molar-refractivity contribution is 5.19. The molecule has 10 atom stereocenters. The molecule has 5 saturated carbocycles. The van der Waals surface area contributed by atoms with E-state index in [1.54, 1.807) is 0 Å². The molecule has 0 amide bonds. The molecule has 178 valence electrons. The predicted octanol–water partition coefficient (Wildman–Crippen LogP) is 8.10. The molecule has 5 fully saturated rings. The topological polar surface area (TPSA) is 20.2 Å². The van der Waals surface area contributed by atoms with Crippen LogP contribution in [-0.4, -0.2) is 11.2 Å². The highest BCUT2D eigenvalue weighted by Gasteiger charge is 2.70. The van der Waals surface area contributed by atoms with Gasteiger partial charge in [-0.2, -0.15) is 0 Å². The van der Waals surface area contributed by atoms with E-state index in [2.05, 4.69) is 55.4 Å². The molecule has 1 heteroatoms. The van der Waals surface area contributed by atoms with Crippen LogP contribution in [0.25, 0.3) is 0 Å². The van der Waals surface area contributed by atoms with E-state index in [0.717, 1.165) is 36.0 Å². The maximum absolute atomic E-state index is 10.9. The maximum Gasteiger partial charge on any atom is 0.0594 e. The van der Waals surface area contributed by atoms with E-state index in [-0.39, 0.29) is 11.5 Å². The average Bonchev–Trinajstić information content (AvgIpc) is 3.04. The fourth-order valence-corrected chi connectivity index (χ4v) is 11.7. The van der Waals surface area contributed by atoms with E-state index in [9.17, 15) is 5.11 Å². The minimum atomic E-state index is -0.109. The van der Waals surface area contributed by atoms with Crippen molar-refractivity contribution in [2.45, 2.75) is 126 Å². The fourth-order valence-electron chi connectivity index (χ4n) is 11.7. The molecule has 0 aromatic carbocycles. The van der Waals surface area contributed by atoms with Crippen LogP contribution in [0.5, 0.6) is 0 Å². The Kier molecular flexibility index (Phi) is 4.96. The molecule has 0 aromatic rings. The molecule has 31 heavy (non-hydrogen) atoms. The molecule has 5 aliphatic rings. The summed E-state index contributed by atoms with van der Waals surface area (Å²) in [6.45, 7) is 20.7. The zero-order valence-corrected chi connectivity index (χ0v) is 22.1. The Morgan fingerprint density at radius 2 is 1.39 bits per heavy atom. The van der Waals surface area contributed by atoms with Crippen molar-refractivity contribution < 1.29 is 5.11 Å². The number of aliphatic hydroxyl groups is 1. The summed E-state index contributed by atoms with van der Waals surface area (Å²) in [6.07, 6.45) is 13.7. The van der Waals surface area contributed by atoms with Crippen LogP contribution >= 0.6 is 0 Å². The van der Waals surface area contributed by atoms with Gasteiger partial charge >= 0.3 is 0 Å². The summed E-state index contributed by atoms with van der Waals surface area (Å²) >= 11 is 0. The van der Waals surface area contributed by atoms with Crippen LogP contribution in [0.15, 0.2) is 0 Å². The first-order valence-corrected chi connectivity index (χ1v) is 14.0. The van der Waals surface area contributed by atoms with E-state index in [1.165, 1.54) is 57.8 Å². The minimum Gasteiger partial charge on any atom is -0.393 e. The van der Waals surface area contributed by atoms with Gasteiger partial charge in [-0.3, -0.25) is 0 Å². The molecule has 0 bridgehead atoms. The Bertz CT molecular complexity index is 724. The normalized spacial score (nSPS) is 58.3. The molecular weight excluding hydrogens is 376 g/mol. The van der Waals surface area contributed by atoms with Crippen LogP contribution in [0.3, 0.4) is 0 Å². The third-order valence-electron chi connectivity index (χ3n) is 13.7. The second-order valence-corrected chi connectivity index (χ2v) is 15.2. The van der Waals surface area contributed by atoms with Gasteiger partial charge in [0.2, 0.25) is 0 Å². The highest BCUT2D eigenvalue weighted by Crippen LogP contribution is 2.77. The molecule has 0 unspecified atom stereocenters. The Morgan fingerprint density at radius 3 is 2.06 bits per heavy atom. The largest absolute Gasteiger partial charge is 0.393 e. The third kappa shape index (κ3) is 2.71. The van der Waals surface area contributed by atoms with Gasteiger partial charge < -0.3 is 5.11 Å². The van der Waals surface area contributed by atoms with Crippen LogP contribution in [0.4, 0.5) is 0 Å². The van der Waals surface area contributed by atoms with Crippen LogP contribution < -0.4 is 0 Å². The van der Waals surface area contributed by atoms with E-state index < -0.39 is 0 Å². The molecule has 0 heterocycles. The SMILES string of the molecule is CC(C)[C@@H]1CC[C@]2(C)CC[C@]3(C)[C@H](CC[C@@H]4[C@@]5(C)CC[C@@H](O)C(C)(C)[C@@H]5CC[C@]43C)[C@@H]12. The summed E-state index contributed by atoms with van der Waals surface area (Å²) in [5.41, 5.74) is 2.08. The van der Waals surface area contributed by atoms with Gasteiger partial charge in [0.1, 0.15) is 0 Å². The van der Waals surface area contributed by atoms with Crippen molar-refractivity contribution in [1.29, 1.82) is 0 Å². The summed E-state index contributed by atoms with van der Waals surface area (Å²) < 4.78 is 0. The molecule has 0 radical (unpaired) electrons. The summed E-state index contributed by atoms with van der Waals surface area (Å²) in [4.78, 5) is 0. The standard InChI is InChI=1S/C30H52O/c1-19(2)20-11-14-27(5)17-18-29(7)21(25(20)27)9-10-23-28(6)15-13-24(31)26(3,4)22(28)12-16-30(23,29)8/h19-25,31H,9-18H2,1-8H3/t20-,21+,22-,23+,24+,25+,27+,28-,29+,30+/m0/s1. The van der Waals surface area contributed by atoms with Crippen LogP contribution in [0.2, 0.25) is 0 Å². The van der Waals surface area contributed by atoms with Gasteiger partial charge in [0.25, 0.3) is 0 Å². The van der Waals surface area contributed by atoms with E-state index in [0.29, 0.717) is 27.6 Å². The van der Waals surface area contributed by atoms with Gasteiger partial charge in [0.15, 0.2) is 0 Å². The lowest BCUT2D eigenvalue weighted by atomic mass is 9.32. The van der Waals surface area contributed by atoms with Crippen LogP contribution in [-0.2, 0) is 0 Å². The second-order valence-electron chi connectivity index (χ2n) is 15.2. The van der Waals surface area contributed by atoms with Crippen molar-refractivity contribution in [1.82, 2.24) is 0 Å². The van der Waals surface area contributed by atoms with Gasteiger partial charge in [-0.25, -0.2) is 0 Å². The molecule has 0 aliphatic heterocycles. The third-order valence-corrected chi connectivity index (χ3v) is 13.7. The van der Waals surface area contributed by atoms with Crippen molar-refractivity contribution in [3.8, 4) is 0 Å². The number of rotatable bonds is 1. The molecule has 0 aromatic heterocycles. The van der Waals surface area contributed by atoms with E-state index >= 15 is 0 Å². The van der Waals surface area contributed by atoms with Crippen molar-refractivity contribution >= 4 is 0 Å². The van der Waals surface area contributed by atoms with Gasteiger partial charge in [-0.15, -0.1) is 0 Å². The zero-order valence-electron chi connectivity index (χ0n) is 22.1. The lowest BCUT2D eigenvalue weighted by molar-refractivity contribution is -0.248. The molecule has 5 rings (SSSR count). The number of fused-ring (bicyclic) bond motifs is 7. The van der Waals surface area contributed by atoms with Crippen molar-refractivity contribution in [2.75, 3.05) is 0 Å². The molecule has 5 aliphatic carbocycles. The smallest absolute Gasteiger partial charge is 0.0594 e. The van der Waals surface area contributed by atoms with Gasteiger partial charge in [0, 0.05) is 0 Å². The Hall–Kier alpha value is -0.0400. The fraction of sp³-hybridized carbons (Fsp3) is 1.00.